The van der Waals surface area contributed by atoms with E-state index in [0.29, 0.717) is 19.4 Å². The van der Waals surface area contributed by atoms with E-state index in [-0.39, 0.29) is 5.91 Å². The minimum atomic E-state index is -0.125. The number of hydrogen-bond donors (Lipinski definition) is 1. The smallest absolute Gasteiger partial charge is 0.243 e. The average Bonchev–Trinajstić information content (AvgIpc) is 2.47. The molecule has 0 saturated carbocycles. The summed E-state index contributed by atoms with van der Waals surface area (Å²) in [7, 11) is 0. The third-order valence-electron chi connectivity index (χ3n) is 2.63. The van der Waals surface area contributed by atoms with Crippen LogP contribution >= 0.6 is 0 Å². The number of hydroxylamine groups is 1. The van der Waals surface area contributed by atoms with Gasteiger partial charge in [0.1, 0.15) is 0 Å². The Labute approximate surface area is 112 Å². The van der Waals surface area contributed by atoms with Gasteiger partial charge in [0.25, 0.3) is 0 Å². The minimum Gasteiger partial charge on any atom is -0.273 e. The van der Waals surface area contributed by atoms with E-state index in [1.807, 2.05) is 42.5 Å². The number of carbonyl (C=O) groups excluding carboxylic acids is 1. The molecule has 0 unspecified atom stereocenters. The largest absolute Gasteiger partial charge is 0.273 e. The number of amides is 1. The molecule has 0 fully saturated rings. The Bertz CT molecular complexity index is 500. The summed E-state index contributed by atoms with van der Waals surface area (Å²) in [4.78, 5) is 20.7. The van der Waals surface area contributed by atoms with Crippen LogP contribution in [0.5, 0.6) is 0 Å². The van der Waals surface area contributed by atoms with Crippen molar-refractivity contribution < 1.29 is 9.63 Å². The molecule has 0 aliphatic carbocycles. The van der Waals surface area contributed by atoms with E-state index in [1.165, 1.54) is 0 Å². The summed E-state index contributed by atoms with van der Waals surface area (Å²) in [5.74, 6) is -0.125. The van der Waals surface area contributed by atoms with Gasteiger partial charge in [-0.05, 0) is 23.6 Å². The zero-order valence-electron chi connectivity index (χ0n) is 10.6. The molecule has 1 aromatic heterocycles. The van der Waals surface area contributed by atoms with Gasteiger partial charge in [-0.1, -0.05) is 36.4 Å². The van der Waals surface area contributed by atoms with Crippen LogP contribution < -0.4 is 5.48 Å². The number of carbonyl (C=O) groups is 1. The Morgan fingerprint density at radius 1 is 1.11 bits per heavy atom. The van der Waals surface area contributed by atoms with Crippen LogP contribution in [0.4, 0.5) is 0 Å². The molecule has 1 amide bonds. The molecule has 0 aliphatic rings. The molecule has 0 bridgehead atoms. The molecule has 1 N–H and O–H groups in total. The number of nitrogens with one attached hydrogen (secondary N) is 1. The summed E-state index contributed by atoms with van der Waals surface area (Å²) >= 11 is 0. The summed E-state index contributed by atoms with van der Waals surface area (Å²) in [5.41, 5.74) is 4.51. The highest BCUT2D eigenvalue weighted by Crippen LogP contribution is 2.01. The van der Waals surface area contributed by atoms with Gasteiger partial charge in [0.2, 0.25) is 5.91 Å². The van der Waals surface area contributed by atoms with Crippen molar-refractivity contribution >= 4 is 5.91 Å². The zero-order valence-corrected chi connectivity index (χ0v) is 10.6. The van der Waals surface area contributed by atoms with E-state index in [4.69, 9.17) is 4.84 Å². The summed E-state index contributed by atoms with van der Waals surface area (Å²) in [6.45, 7) is 0.374. The summed E-state index contributed by atoms with van der Waals surface area (Å²) in [6, 6.07) is 13.5. The Kier molecular flexibility index (Phi) is 5.07. The number of rotatable bonds is 6. The van der Waals surface area contributed by atoms with Crippen LogP contribution in [0, 0.1) is 0 Å². The number of nitrogens with zero attached hydrogens (tertiary/aromatic N) is 1. The minimum absolute atomic E-state index is 0.125. The molecular weight excluding hydrogens is 240 g/mol. The van der Waals surface area contributed by atoms with Crippen molar-refractivity contribution in [2.45, 2.75) is 19.4 Å². The zero-order chi connectivity index (χ0) is 13.3. The first-order valence-corrected chi connectivity index (χ1v) is 6.18. The third kappa shape index (κ3) is 4.89. The van der Waals surface area contributed by atoms with Crippen LogP contribution in [0.3, 0.4) is 0 Å². The van der Waals surface area contributed by atoms with E-state index < -0.39 is 0 Å². The standard InChI is InChI=1S/C15H16N2O2/c18-15(9-8-13-7-4-10-16-11-13)17-19-12-14-5-2-1-3-6-14/h1-7,10-11H,8-9,12H2,(H,17,18). The topological polar surface area (TPSA) is 51.2 Å². The van der Waals surface area contributed by atoms with Gasteiger partial charge in [0.05, 0.1) is 6.61 Å². The van der Waals surface area contributed by atoms with Crippen molar-refractivity contribution in [1.82, 2.24) is 10.5 Å². The van der Waals surface area contributed by atoms with Crippen LogP contribution in [0.2, 0.25) is 0 Å². The van der Waals surface area contributed by atoms with E-state index in [0.717, 1.165) is 11.1 Å². The van der Waals surface area contributed by atoms with Gasteiger partial charge < -0.3 is 0 Å². The Morgan fingerprint density at radius 2 is 1.89 bits per heavy atom. The number of pyridine rings is 1. The molecule has 2 rings (SSSR count). The molecule has 0 radical (unpaired) electrons. The Hall–Kier alpha value is -2.20. The predicted molar refractivity (Wildman–Crippen MR) is 71.9 cm³/mol. The maximum atomic E-state index is 11.6. The average molecular weight is 256 g/mol. The summed E-state index contributed by atoms with van der Waals surface area (Å²) < 4.78 is 0. The first-order chi connectivity index (χ1) is 9.34. The lowest BCUT2D eigenvalue weighted by atomic mass is 10.1. The fourth-order valence-electron chi connectivity index (χ4n) is 1.63. The highest BCUT2D eigenvalue weighted by molar-refractivity contribution is 5.75. The summed E-state index contributed by atoms with van der Waals surface area (Å²) in [5, 5.41) is 0. The number of hydrogen-bond acceptors (Lipinski definition) is 3. The SMILES string of the molecule is O=C(CCc1cccnc1)NOCc1ccccc1. The second kappa shape index (κ2) is 7.28. The first-order valence-electron chi connectivity index (χ1n) is 6.18. The van der Waals surface area contributed by atoms with Crippen molar-refractivity contribution in [1.29, 1.82) is 0 Å². The first kappa shape index (κ1) is 13.2. The third-order valence-corrected chi connectivity index (χ3v) is 2.63. The van der Waals surface area contributed by atoms with Gasteiger partial charge in [-0.3, -0.25) is 14.6 Å². The van der Waals surface area contributed by atoms with Crippen LogP contribution in [0.15, 0.2) is 54.9 Å². The molecule has 2 aromatic rings. The molecule has 0 saturated heterocycles. The highest BCUT2D eigenvalue weighted by atomic mass is 16.6. The van der Waals surface area contributed by atoms with Gasteiger partial charge in [-0.15, -0.1) is 0 Å². The van der Waals surface area contributed by atoms with Gasteiger partial charge >= 0.3 is 0 Å². The number of aromatic nitrogens is 1. The Morgan fingerprint density at radius 3 is 2.63 bits per heavy atom. The van der Waals surface area contributed by atoms with Crippen molar-refractivity contribution in [3.63, 3.8) is 0 Å². The predicted octanol–water partition coefficient (Wildman–Crippen LogP) is 2.26. The maximum absolute atomic E-state index is 11.6. The van der Waals surface area contributed by atoms with Crippen molar-refractivity contribution in [2.75, 3.05) is 0 Å². The lowest BCUT2D eigenvalue weighted by Gasteiger charge is -2.05. The van der Waals surface area contributed by atoms with E-state index in [2.05, 4.69) is 10.5 Å². The quantitative estimate of drug-likeness (QED) is 0.807. The van der Waals surface area contributed by atoms with Crippen LogP contribution in [-0.4, -0.2) is 10.9 Å². The fourth-order valence-corrected chi connectivity index (χ4v) is 1.63. The van der Waals surface area contributed by atoms with E-state index in [9.17, 15) is 4.79 Å². The Balaban J connectivity index is 1.65. The van der Waals surface area contributed by atoms with Crippen molar-refractivity contribution in [3.8, 4) is 0 Å². The molecule has 4 nitrogen and oxygen atoms in total. The molecule has 0 atom stereocenters. The maximum Gasteiger partial charge on any atom is 0.243 e. The van der Waals surface area contributed by atoms with E-state index in [1.54, 1.807) is 12.4 Å². The van der Waals surface area contributed by atoms with Crippen LogP contribution in [-0.2, 0) is 22.7 Å². The van der Waals surface area contributed by atoms with Gasteiger partial charge in [-0.2, -0.15) is 0 Å². The molecule has 1 aromatic carbocycles. The molecule has 4 heteroatoms. The van der Waals surface area contributed by atoms with Crippen molar-refractivity contribution in [2.24, 2.45) is 0 Å². The fraction of sp³-hybridized carbons (Fsp3) is 0.200. The summed E-state index contributed by atoms with van der Waals surface area (Å²) in [6.07, 6.45) is 4.53. The second-order valence-electron chi connectivity index (χ2n) is 4.16. The van der Waals surface area contributed by atoms with Crippen molar-refractivity contribution in [3.05, 3.63) is 66.0 Å². The van der Waals surface area contributed by atoms with Gasteiger partial charge in [0.15, 0.2) is 0 Å². The normalized spacial score (nSPS) is 10.1. The van der Waals surface area contributed by atoms with Crippen LogP contribution in [0.1, 0.15) is 17.5 Å². The van der Waals surface area contributed by atoms with Gasteiger partial charge in [-0.25, -0.2) is 5.48 Å². The lowest BCUT2D eigenvalue weighted by Crippen LogP contribution is -2.23. The highest BCUT2D eigenvalue weighted by Gasteiger charge is 2.02. The molecule has 98 valence electrons. The molecule has 0 spiro atoms. The monoisotopic (exact) mass is 256 g/mol. The molecule has 19 heavy (non-hydrogen) atoms. The van der Waals surface area contributed by atoms with E-state index >= 15 is 0 Å². The molecular formula is C15H16N2O2. The molecule has 1 heterocycles. The number of aryl methyl sites for hydroxylation is 1. The van der Waals surface area contributed by atoms with Gasteiger partial charge in [0, 0.05) is 18.8 Å². The number of benzene rings is 1. The lowest BCUT2D eigenvalue weighted by molar-refractivity contribution is -0.134. The second-order valence-corrected chi connectivity index (χ2v) is 4.16. The van der Waals surface area contributed by atoms with Crippen LogP contribution in [0.25, 0.3) is 0 Å². The molecule has 0 aliphatic heterocycles.